The molecular formula is C16H27N3O3. The summed E-state index contributed by atoms with van der Waals surface area (Å²) in [7, 11) is 0. The van der Waals surface area contributed by atoms with Crippen LogP contribution >= 0.6 is 0 Å². The monoisotopic (exact) mass is 309 g/mol. The normalized spacial score (nSPS) is 25.9. The minimum absolute atomic E-state index is 0.182. The molecule has 1 saturated heterocycles. The summed E-state index contributed by atoms with van der Waals surface area (Å²) in [6, 6.07) is -0.265. The Morgan fingerprint density at radius 3 is 2.59 bits per heavy atom. The molecule has 0 aromatic carbocycles. The zero-order valence-corrected chi connectivity index (χ0v) is 13.8. The highest BCUT2D eigenvalue weighted by Gasteiger charge is 2.47. The van der Waals surface area contributed by atoms with Crippen LogP contribution in [0, 0.1) is 5.92 Å². The van der Waals surface area contributed by atoms with E-state index in [9.17, 15) is 14.4 Å². The minimum Gasteiger partial charge on any atom is -0.352 e. The van der Waals surface area contributed by atoms with Crippen molar-refractivity contribution in [3.63, 3.8) is 0 Å². The van der Waals surface area contributed by atoms with E-state index in [-0.39, 0.29) is 24.4 Å². The van der Waals surface area contributed by atoms with Crippen molar-refractivity contribution < 1.29 is 14.4 Å². The maximum absolute atomic E-state index is 12.5. The Morgan fingerprint density at radius 2 is 2.00 bits per heavy atom. The summed E-state index contributed by atoms with van der Waals surface area (Å²) in [5.74, 6) is -0.0792. The van der Waals surface area contributed by atoms with Crippen LogP contribution in [0.3, 0.4) is 0 Å². The van der Waals surface area contributed by atoms with Crippen LogP contribution in [0.2, 0.25) is 0 Å². The third kappa shape index (κ3) is 3.78. The summed E-state index contributed by atoms with van der Waals surface area (Å²) in [5, 5.41) is 5.65. The summed E-state index contributed by atoms with van der Waals surface area (Å²) in [6.07, 6.45) is 5.67. The SMILES string of the molecule is CC(C)CCC1(C)NC(=O)N(CC(=O)NC2CCCC2)C1=O. The molecule has 0 bridgehead atoms. The molecular weight excluding hydrogens is 282 g/mol. The lowest BCUT2D eigenvalue weighted by Crippen LogP contribution is -2.46. The number of amides is 4. The first-order chi connectivity index (χ1) is 10.3. The van der Waals surface area contributed by atoms with Gasteiger partial charge in [0.15, 0.2) is 0 Å². The van der Waals surface area contributed by atoms with Crippen LogP contribution in [-0.2, 0) is 9.59 Å². The number of urea groups is 1. The Morgan fingerprint density at radius 1 is 1.36 bits per heavy atom. The van der Waals surface area contributed by atoms with Crippen molar-refractivity contribution in [3.8, 4) is 0 Å². The topological polar surface area (TPSA) is 78.5 Å². The molecule has 4 amide bonds. The molecule has 0 spiro atoms. The van der Waals surface area contributed by atoms with Crippen LogP contribution in [0.5, 0.6) is 0 Å². The maximum Gasteiger partial charge on any atom is 0.325 e. The van der Waals surface area contributed by atoms with E-state index in [0.29, 0.717) is 12.3 Å². The van der Waals surface area contributed by atoms with Gasteiger partial charge < -0.3 is 10.6 Å². The number of rotatable bonds is 6. The summed E-state index contributed by atoms with van der Waals surface area (Å²) in [4.78, 5) is 37.6. The third-order valence-electron chi connectivity index (χ3n) is 4.59. The van der Waals surface area contributed by atoms with Crippen LogP contribution in [0.4, 0.5) is 4.79 Å². The quantitative estimate of drug-likeness (QED) is 0.734. The Bertz CT molecular complexity index is 458. The lowest BCUT2D eigenvalue weighted by Gasteiger charge is -2.22. The zero-order chi connectivity index (χ0) is 16.3. The Kier molecular flexibility index (Phi) is 5.08. The number of carbonyl (C=O) groups is 3. The van der Waals surface area contributed by atoms with Gasteiger partial charge in [-0.3, -0.25) is 14.5 Å². The van der Waals surface area contributed by atoms with Crippen LogP contribution in [0.25, 0.3) is 0 Å². The second-order valence-corrected chi connectivity index (χ2v) is 7.13. The molecule has 22 heavy (non-hydrogen) atoms. The predicted octanol–water partition coefficient (Wildman–Crippen LogP) is 1.79. The van der Waals surface area contributed by atoms with Crippen LogP contribution in [0.15, 0.2) is 0 Å². The van der Waals surface area contributed by atoms with Crippen LogP contribution in [-0.4, -0.2) is 40.9 Å². The zero-order valence-electron chi connectivity index (χ0n) is 13.8. The van der Waals surface area contributed by atoms with Crippen molar-refractivity contribution in [1.82, 2.24) is 15.5 Å². The second-order valence-electron chi connectivity index (χ2n) is 7.13. The van der Waals surface area contributed by atoms with Gasteiger partial charge in [0.05, 0.1) is 0 Å². The highest BCUT2D eigenvalue weighted by Crippen LogP contribution is 2.24. The molecule has 6 nitrogen and oxygen atoms in total. The van der Waals surface area contributed by atoms with E-state index < -0.39 is 11.6 Å². The smallest absolute Gasteiger partial charge is 0.325 e. The first-order valence-electron chi connectivity index (χ1n) is 8.25. The fourth-order valence-corrected chi connectivity index (χ4v) is 3.12. The number of nitrogens with zero attached hydrogens (tertiary/aromatic N) is 1. The largest absolute Gasteiger partial charge is 0.352 e. The Balaban J connectivity index is 1.92. The van der Waals surface area contributed by atoms with Gasteiger partial charge in [0.2, 0.25) is 5.91 Å². The summed E-state index contributed by atoms with van der Waals surface area (Å²) < 4.78 is 0. The third-order valence-corrected chi connectivity index (χ3v) is 4.59. The lowest BCUT2D eigenvalue weighted by atomic mass is 9.92. The van der Waals surface area contributed by atoms with Gasteiger partial charge in [-0.2, -0.15) is 0 Å². The van der Waals surface area contributed by atoms with E-state index in [1.54, 1.807) is 6.92 Å². The van der Waals surface area contributed by atoms with Crippen molar-refractivity contribution >= 4 is 17.8 Å². The number of hydrogen-bond donors (Lipinski definition) is 2. The second kappa shape index (κ2) is 6.67. The van der Waals surface area contributed by atoms with Gasteiger partial charge in [-0.05, 0) is 38.5 Å². The van der Waals surface area contributed by atoms with E-state index in [4.69, 9.17) is 0 Å². The molecule has 1 saturated carbocycles. The standard InChI is InChI=1S/C16H27N3O3/c1-11(2)8-9-16(3)14(21)19(15(22)18-16)10-13(20)17-12-6-4-5-7-12/h11-12H,4-10H2,1-3H3,(H,17,20)(H,18,22). The van der Waals surface area contributed by atoms with E-state index in [0.717, 1.165) is 37.0 Å². The summed E-state index contributed by atoms with van der Waals surface area (Å²) >= 11 is 0. The molecule has 0 aromatic heterocycles. The Hall–Kier alpha value is -1.59. The van der Waals surface area contributed by atoms with Crippen molar-refractivity contribution in [2.45, 2.75) is 70.9 Å². The molecule has 124 valence electrons. The van der Waals surface area contributed by atoms with Gasteiger partial charge in [0.25, 0.3) is 5.91 Å². The van der Waals surface area contributed by atoms with Gasteiger partial charge >= 0.3 is 6.03 Å². The van der Waals surface area contributed by atoms with Crippen molar-refractivity contribution in [1.29, 1.82) is 0 Å². The maximum atomic E-state index is 12.5. The average Bonchev–Trinajstić information content (AvgIpc) is 3.00. The molecule has 6 heteroatoms. The highest BCUT2D eigenvalue weighted by molar-refractivity contribution is 6.08. The number of imide groups is 1. The molecule has 1 unspecified atom stereocenters. The van der Waals surface area contributed by atoms with Crippen molar-refractivity contribution in [2.75, 3.05) is 6.54 Å². The number of hydrogen-bond acceptors (Lipinski definition) is 3. The van der Waals surface area contributed by atoms with Gasteiger partial charge in [0.1, 0.15) is 12.1 Å². The van der Waals surface area contributed by atoms with Gasteiger partial charge in [-0.25, -0.2) is 4.79 Å². The minimum atomic E-state index is -0.880. The summed E-state index contributed by atoms with van der Waals surface area (Å²) in [6.45, 7) is 5.72. The fraction of sp³-hybridized carbons (Fsp3) is 0.812. The molecule has 2 rings (SSSR count). The molecule has 2 fully saturated rings. The van der Waals surface area contributed by atoms with Crippen LogP contribution in [0.1, 0.15) is 59.3 Å². The Labute approximate surface area is 132 Å². The van der Waals surface area contributed by atoms with E-state index in [1.165, 1.54) is 0 Å². The molecule has 0 radical (unpaired) electrons. The number of nitrogens with one attached hydrogen (secondary N) is 2. The van der Waals surface area contributed by atoms with Gasteiger partial charge in [-0.15, -0.1) is 0 Å². The van der Waals surface area contributed by atoms with E-state index in [2.05, 4.69) is 24.5 Å². The van der Waals surface area contributed by atoms with E-state index >= 15 is 0 Å². The molecule has 0 aromatic rings. The van der Waals surface area contributed by atoms with Crippen molar-refractivity contribution in [2.24, 2.45) is 5.92 Å². The molecule has 1 atom stereocenters. The van der Waals surface area contributed by atoms with Gasteiger partial charge in [0, 0.05) is 6.04 Å². The number of carbonyl (C=O) groups excluding carboxylic acids is 3. The predicted molar refractivity (Wildman–Crippen MR) is 83.1 cm³/mol. The average molecular weight is 309 g/mol. The molecule has 1 aliphatic carbocycles. The fourth-order valence-electron chi connectivity index (χ4n) is 3.12. The molecule has 1 aliphatic heterocycles. The molecule has 1 heterocycles. The summed E-state index contributed by atoms with van der Waals surface area (Å²) in [5.41, 5.74) is -0.880. The lowest BCUT2D eigenvalue weighted by molar-refractivity contribution is -0.135. The first kappa shape index (κ1) is 16.8. The van der Waals surface area contributed by atoms with Crippen LogP contribution < -0.4 is 10.6 Å². The van der Waals surface area contributed by atoms with Gasteiger partial charge in [-0.1, -0.05) is 26.7 Å². The highest BCUT2D eigenvalue weighted by atomic mass is 16.2. The van der Waals surface area contributed by atoms with Crippen molar-refractivity contribution in [3.05, 3.63) is 0 Å². The molecule has 2 N–H and O–H groups in total. The first-order valence-corrected chi connectivity index (χ1v) is 8.25. The van der Waals surface area contributed by atoms with E-state index in [1.807, 2.05) is 0 Å². The molecule has 2 aliphatic rings.